The van der Waals surface area contributed by atoms with E-state index in [0.29, 0.717) is 5.92 Å². The summed E-state index contributed by atoms with van der Waals surface area (Å²) in [6.07, 6.45) is 7.03. The minimum Gasteiger partial charge on any atom is -0.346 e. The summed E-state index contributed by atoms with van der Waals surface area (Å²) in [6.45, 7) is 9.17. The molecular formula is C15H25N. The predicted molar refractivity (Wildman–Crippen MR) is 70.1 cm³/mol. The zero-order valence-electron chi connectivity index (χ0n) is 11.2. The molecule has 1 nitrogen and oxygen atoms in total. The molecule has 1 heteroatoms. The monoisotopic (exact) mass is 219 g/mol. The quantitative estimate of drug-likeness (QED) is 0.677. The van der Waals surface area contributed by atoms with Gasteiger partial charge < -0.3 is 4.57 Å². The molecule has 1 fully saturated rings. The SMILES string of the molecule is Cc1cc(C(C)C)c(C)n1C1CCCCC1. The van der Waals surface area contributed by atoms with Crippen LogP contribution >= 0.6 is 0 Å². The van der Waals surface area contributed by atoms with E-state index in [2.05, 4.69) is 38.3 Å². The van der Waals surface area contributed by atoms with Crippen molar-refractivity contribution >= 4 is 0 Å². The van der Waals surface area contributed by atoms with E-state index in [9.17, 15) is 0 Å². The van der Waals surface area contributed by atoms with Gasteiger partial charge in [-0.25, -0.2) is 0 Å². The van der Waals surface area contributed by atoms with E-state index in [1.165, 1.54) is 43.5 Å². The number of rotatable bonds is 2. The summed E-state index contributed by atoms with van der Waals surface area (Å²) < 4.78 is 2.61. The van der Waals surface area contributed by atoms with E-state index >= 15 is 0 Å². The number of hydrogen-bond donors (Lipinski definition) is 0. The minimum absolute atomic E-state index is 0.656. The molecule has 1 aromatic heterocycles. The molecule has 1 heterocycles. The van der Waals surface area contributed by atoms with Gasteiger partial charge >= 0.3 is 0 Å². The van der Waals surface area contributed by atoms with Gasteiger partial charge in [-0.2, -0.15) is 0 Å². The molecule has 0 unspecified atom stereocenters. The highest BCUT2D eigenvalue weighted by Gasteiger charge is 2.20. The second-order valence-electron chi connectivity index (χ2n) is 5.64. The maximum Gasteiger partial charge on any atom is 0.0335 e. The maximum absolute atomic E-state index is 2.61. The maximum atomic E-state index is 2.61. The molecule has 0 atom stereocenters. The van der Waals surface area contributed by atoms with Crippen LogP contribution in [-0.4, -0.2) is 4.57 Å². The van der Waals surface area contributed by atoms with Crippen LogP contribution in [0.3, 0.4) is 0 Å². The van der Waals surface area contributed by atoms with Crippen molar-refractivity contribution in [3.05, 3.63) is 23.0 Å². The lowest BCUT2D eigenvalue weighted by Gasteiger charge is -2.26. The summed E-state index contributed by atoms with van der Waals surface area (Å²) >= 11 is 0. The van der Waals surface area contributed by atoms with Crippen molar-refractivity contribution in [3.8, 4) is 0 Å². The van der Waals surface area contributed by atoms with E-state index in [1.54, 1.807) is 5.56 Å². The van der Waals surface area contributed by atoms with Crippen molar-refractivity contribution in [1.29, 1.82) is 0 Å². The van der Waals surface area contributed by atoms with E-state index in [4.69, 9.17) is 0 Å². The van der Waals surface area contributed by atoms with Crippen LogP contribution in [0, 0.1) is 13.8 Å². The number of hydrogen-bond acceptors (Lipinski definition) is 0. The van der Waals surface area contributed by atoms with Gasteiger partial charge in [-0.1, -0.05) is 33.1 Å². The van der Waals surface area contributed by atoms with E-state index < -0.39 is 0 Å². The molecule has 16 heavy (non-hydrogen) atoms. The fraction of sp³-hybridized carbons (Fsp3) is 0.733. The molecule has 2 rings (SSSR count). The van der Waals surface area contributed by atoms with Crippen LogP contribution in [0.4, 0.5) is 0 Å². The summed E-state index contributed by atoms with van der Waals surface area (Å²) in [5.74, 6) is 0.656. The first kappa shape index (κ1) is 11.8. The summed E-state index contributed by atoms with van der Waals surface area (Å²) in [5.41, 5.74) is 4.52. The van der Waals surface area contributed by atoms with Gasteiger partial charge in [-0.3, -0.25) is 0 Å². The molecule has 90 valence electrons. The van der Waals surface area contributed by atoms with Gasteiger partial charge in [-0.15, -0.1) is 0 Å². The molecule has 1 saturated carbocycles. The first-order chi connectivity index (χ1) is 7.61. The molecule has 0 bridgehead atoms. The first-order valence-electron chi connectivity index (χ1n) is 6.79. The fourth-order valence-electron chi connectivity index (χ4n) is 3.29. The smallest absolute Gasteiger partial charge is 0.0335 e. The molecule has 1 aromatic rings. The van der Waals surface area contributed by atoms with Gasteiger partial charge in [0.05, 0.1) is 0 Å². The third kappa shape index (κ3) is 2.05. The molecule has 1 aliphatic rings. The molecule has 1 aliphatic carbocycles. The van der Waals surface area contributed by atoms with Gasteiger partial charge in [0.1, 0.15) is 0 Å². The van der Waals surface area contributed by atoms with Crippen molar-refractivity contribution in [1.82, 2.24) is 4.57 Å². The van der Waals surface area contributed by atoms with Gasteiger partial charge in [0, 0.05) is 17.4 Å². The Bertz CT molecular complexity index is 354. The third-order valence-electron chi connectivity index (χ3n) is 4.09. The number of aromatic nitrogens is 1. The molecule has 0 saturated heterocycles. The Morgan fingerprint density at radius 2 is 1.75 bits per heavy atom. The summed E-state index contributed by atoms with van der Waals surface area (Å²) in [7, 11) is 0. The lowest BCUT2D eigenvalue weighted by atomic mass is 9.95. The van der Waals surface area contributed by atoms with Crippen LogP contribution in [-0.2, 0) is 0 Å². The molecular weight excluding hydrogens is 194 g/mol. The van der Waals surface area contributed by atoms with Crippen LogP contribution in [0.5, 0.6) is 0 Å². The Hall–Kier alpha value is -0.720. The highest BCUT2D eigenvalue weighted by atomic mass is 15.0. The van der Waals surface area contributed by atoms with Crippen LogP contribution in [0.1, 0.15) is 74.9 Å². The molecule has 0 radical (unpaired) electrons. The van der Waals surface area contributed by atoms with Crippen molar-refractivity contribution in [2.45, 2.75) is 71.8 Å². The standard InChI is InChI=1S/C15H25N/c1-11(2)15-10-12(3)16(13(15)4)14-8-6-5-7-9-14/h10-11,14H,5-9H2,1-4H3. The first-order valence-corrected chi connectivity index (χ1v) is 6.79. The average Bonchev–Trinajstić information content (AvgIpc) is 2.56. The molecule has 0 spiro atoms. The zero-order valence-corrected chi connectivity index (χ0v) is 11.2. The normalized spacial score (nSPS) is 18.3. The third-order valence-corrected chi connectivity index (χ3v) is 4.09. The highest BCUT2D eigenvalue weighted by Crippen LogP contribution is 2.33. The Morgan fingerprint density at radius 1 is 1.12 bits per heavy atom. The van der Waals surface area contributed by atoms with Crippen molar-refractivity contribution in [2.75, 3.05) is 0 Å². The molecule has 0 N–H and O–H groups in total. The summed E-state index contributed by atoms with van der Waals surface area (Å²) in [4.78, 5) is 0. The molecule has 0 amide bonds. The lowest BCUT2D eigenvalue weighted by Crippen LogP contribution is -2.15. The number of aryl methyl sites for hydroxylation is 1. The molecule has 0 aliphatic heterocycles. The lowest BCUT2D eigenvalue weighted by molar-refractivity contribution is 0.345. The van der Waals surface area contributed by atoms with Crippen LogP contribution in [0.2, 0.25) is 0 Å². The zero-order chi connectivity index (χ0) is 11.7. The van der Waals surface area contributed by atoms with Crippen molar-refractivity contribution in [3.63, 3.8) is 0 Å². The highest BCUT2D eigenvalue weighted by molar-refractivity contribution is 5.30. The Balaban J connectivity index is 2.32. The summed E-state index contributed by atoms with van der Waals surface area (Å²) in [6, 6.07) is 3.18. The second kappa shape index (κ2) is 4.65. The van der Waals surface area contributed by atoms with Crippen LogP contribution in [0.25, 0.3) is 0 Å². The topological polar surface area (TPSA) is 4.93 Å². The summed E-state index contributed by atoms with van der Waals surface area (Å²) in [5, 5.41) is 0. The predicted octanol–water partition coefficient (Wildman–Crippen LogP) is 4.73. The van der Waals surface area contributed by atoms with Gasteiger partial charge in [0.15, 0.2) is 0 Å². The van der Waals surface area contributed by atoms with Crippen molar-refractivity contribution < 1.29 is 0 Å². The van der Waals surface area contributed by atoms with E-state index in [0.717, 1.165) is 6.04 Å². The van der Waals surface area contributed by atoms with Crippen molar-refractivity contribution in [2.24, 2.45) is 0 Å². The van der Waals surface area contributed by atoms with Crippen LogP contribution in [0.15, 0.2) is 6.07 Å². The Morgan fingerprint density at radius 3 is 2.25 bits per heavy atom. The largest absolute Gasteiger partial charge is 0.346 e. The second-order valence-corrected chi connectivity index (χ2v) is 5.64. The van der Waals surface area contributed by atoms with E-state index in [1.807, 2.05) is 0 Å². The van der Waals surface area contributed by atoms with Crippen LogP contribution < -0.4 is 0 Å². The van der Waals surface area contributed by atoms with Gasteiger partial charge in [-0.05, 0) is 44.2 Å². The van der Waals surface area contributed by atoms with Gasteiger partial charge in [0.25, 0.3) is 0 Å². The van der Waals surface area contributed by atoms with Gasteiger partial charge in [0.2, 0.25) is 0 Å². The Kier molecular flexibility index (Phi) is 3.41. The number of nitrogens with zero attached hydrogens (tertiary/aromatic N) is 1. The minimum atomic E-state index is 0.656. The molecule has 0 aromatic carbocycles. The Labute approximate surface area is 99.9 Å². The van der Waals surface area contributed by atoms with E-state index in [-0.39, 0.29) is 0 Å². The fourth-order valence-corrected chi connectivity index (χ4v) is 3.29. The average molecular weight is 219 g/mol.